The molecule has 23 heavy (non-hydrogen) atoms. The van der Waals surface area contributed by atoms with E-state index in [0.29, 0.717) is 18.3 Å². The number of H-pyrrole nitrogens is 1. The lowest BCUT2D eigenvalue weighted by Gasteiger charge is -2.14. The predicted octanol–water partition coefficient (Wildman–Crippen LogP) is 2.95. The predicted molar refractivity (Wildman–Crippen MR) is 94.0 cm³/mol. The highest BCUT2D eigenvalue weighted by Crippen LogP contribution is 2.23. The van der Waals surface area contributed by atoms with E-state index in [1.54, 1.807) is 7.11 Å². The molecular weight excluding hydrogens is 290 g/mol. The van der Waals surface area contributed by atoms with Crippen molar-refractivity contribution in [2.24, 2.45) is 10.7 Å². The lowest BCUT2D eigenvalue weighted by atomic mass is 9.92. The SMILES string of the molecule is COc1cccc(C)c1CN=C(N)Nc1cc(C(C)(C)C)[nH]n1. The van der Waals surface area contributed by atoms with E-state index in [2.05, 4.69) is 41.3 Å². The molecule has 124 valence electrons. The van der Waals surface area contributed by atoms with Gasteiger partial charge in [-0.1, -0.05) is 32.9 Å². The number of nitrogens with zero attached hydrogens (tertiary/aromatic N) is 2. The van der Waals surface area contributed by atoms with E-state index < -0.39 is 0 Å². The maximum absolute atomic E-state index is 5.96. The minimum Gasteiger partial charge on any atom is -0.496 e. The van der Waals surface area contributed by atoms with Crippen LogP contribution in [0.3, 0.4) is 0 Å². The van der Waals surface area contributed by atoms with Gasteiger partial charge in [0.15, 0.2) is 11.8 Å². The molecule has 0 aliphatic carbocycles. The summed E-state index contributed by atoms with van der Waals surface area (Å²) in [6.45, 7) is 8.83. The van der Waals surface area contributed by atoms with Gasteiger partial charge in [-0.3, -0.25) is 5.10 Å². The lowest BCUT2D eigenvalue weighted by Crippen LogP contribution is -2.23. The average Bonchev–Trinajstić information content (AvgIpc) is 2.94. The molecule has 0 amide bonds. The maximum atomic E-state index is 5.96. The number of guanidine groups is 1. The summed E-state index contributed by atoms with van der Waals surface area (Å²) >= 11 is 0. The smallest absolute Gasteiger partial charge is 0.194 e. The third-order valence-corrected chi connectivity index (χ3v) is 3.64. The maximum Gasteiger partial charge on any atom is 0.194 e. The van der Waals surface area contributed by atoms with Crippen LogP contribution in [0.1, 0.15) is 37.6 Å². The fourth-order valence-corrected chi connectivity index (χ4v) is 2.17. The fourth-order valence-electron chi connectivity index (χ4n) is 2.17. The topological polar surface area (TPSA) is 88.3 Å². The van der Waals surface area contributed by atoms with Crippen molar-refractivity contribution in [2.45, 2.75) is 39.7 Å². The van der Waals surface area contributed by atoms with E-state index in [1.807, 2.05) is 31.2 Å². The highest BCUT2D eigenvalue weighted by molar-refractivity contribution is 5.91. The zero-order chi connectivity index (χ0) is 17.0. The Morgan fingerprint density at radius 2 is 2.13 bits per heavy atom. The first kappa shape index (κ1) is 16.9. The van der Waals surface area contributed by atoms with Gasteiger partial charge in [0.1, 0.15) is 5.75 Å². The zero-order valence-corrected chi connectivity index (χ0v) is 14.4. The number of rotatable bonds is 4. The largest absolute Gasteiger partial charge is 0.496 e. The Hall–Kier alpha value is -2.50. The van der Waals surface area contributed by atoms with Gasteiger partial charge in [-0.2, -0.15) is 5.10 Å². The summed E-state index contributed by atoms with van der Waals surface area (Å²) in [4.78, 5) is 4.38. The van der Waals surface area contributed by atoms with Crippen molar-refractivity contribution >= 4 is 11.8 Å². The lowest BCUT2D eigenvalue weighted by molar-refractivity contribution is 0.409. The van der Waals surface area contributed by atoms with Crippen LogP contribution in [0.15, 0.2) is 29.3 Å². The van der Waals surface area contributed by atoms with Gasteiger partial charge in [0.25, 0.3) is 0 Å². The Bertz CT molecular complexity index is 697. The number of hydrogen-bond donors (Lipinski definition) is 3. The van der Waals surface area contributed by atoms with Crippen LogP contribution in [0, 0.1) is 6.92 Å². The molecule has 0 fully saturated rings. The molecule has 1 aromatic heterocycles. The monoisotopic (exact) mass is 315 g/mol. The quantitative estimate of drug-likeness (QED) is 0.598. The van der Waals surface area contributed by atoms with Crippen LogP contribution in [0.4, 0.5) is 5.82 Å². The van der Waals surface area contributed by atoms with Crippen LogP contribution >= 0.6 is 0 Å². The van der Waals surface area contributed by atoms with Gasteiger partial charge in [0, 0.05) is 22.7 Å². The van der Waals surface area contributed by atoms with Gasteiger partial charge >= 0.3 is 0 Å². The molecule has 0 aliphatic heterocycles. The summed E-state index contributed by atoms with van der Waals surface area (Å²) in [5, 5.41) is 10.2. The van der Waals surface area contributed by atoms with Crippen molar-refractivity contribution in [2.75, 3.05) is 12.4 Å². The Morgan fingerprint density at radius 1 is 1.39 bits per heavy atom. The van der Waals surface area contributed by atoms with Crippen molar-refractivity contribution in [1.82, 2.24) is 10.2 Å². The molecule has 0 aliphatic rings. The molecule has 0 spiro atoms. The summed E-state index contributed by atoms with van der Waals surface area (Å²) in [5.41, 5.74) is 9.15. The number of ether oxygens (including phenoxy) is 1. The van der Waals surface area contributed by atoms with Crippen molar-refractivity contribution in [3.63, 3.8) is 0 Å². The Labute approximate surface area is 137 Å². The highest BCUT2D eigenvalue weighted by atomic mass is 16.5. The molecule has 0 saturated heterocycles. The molecule has 4 N–H and O–H groups in total. The summed E-state index contributed by atoms with van der Waals surface area (Å²) in [6.07, 6.45) is 0. The first-order chi connectivity index (χ1) is 10.8. The van der Waals surface area contributed by atoms with Gasteiger partial charge < -0.3 is 15.8 Å². The molecule has 1 heterocycles. The van der Waals surface area contributed by atoms with Crippen LogP contribution in [-0.2, 0) is 12.0 Å². The second-order valence-electron chi connectivity index (χ2n) is 6.50. The first-order valence-electron chi connectivity index (χ1n) is 7.56. The third kappa shape index (κ3) is 4.25. The van der Waals surface area contributed by atoms with Crippen LogP contribution in [0.5, 0.6) is 5.75 Å². The minimum atomic E-state index is 0.00729. The van der Waals surface area contributed by atoms with Gasteiger partial charge in [0.05, 0.1) is 13.7 Å². The molecule has 0 unspecified atom stereocenters. The number of aryl methyl sites for hydroxylation is 1. The molecule has 6 nitrogen and oxygen atoms in total. The van der Waals surface area contributed by atoms with Crippen LogP contribution in [0.2, 0.25) is 0 Å². The van der Waals surface area contributed by atoms with E-state index in [1.165, 1.54) is 0 Å². The number of aliphatic imine (C=N–C) groups is 1. The van der Waals surface area contributed by atoms with E-state index >= 15 is 0 Å². The molecule has 0 saturated carbocycles. The molecule has 0 atom stereocenters. The summed E-state index contributed by atoms with van der Waals surface area (Å²) in [5.74, 6) is 1.80. The number of aromatic nitrogens is 2. The molecule has 1 aromatic carbocycles. The second kappa shape index (κ2) is 6.73. The number of anilines is 1. The van der Waals surface area contributed by atoms with E-state index in [-0.39, 0.29) is 5.41 Å². The Morgan fingerprint density at radius 3 is 2.74 bits per heavy atom. The minimum absolute atomic E-state index is 0.00729. The fraction of sp³-hybridized carbons (Fsp3) is 0.412. The molecule has 0 radical (unpaired) electrons. The normalized spacial score (nSPS) is 12.3. The van der Waals surface area contributed by atoms with E-state index in [0.717, 1.165) is 22.6 Å². The molecule has 2 aromatic rings. The standard InChI is InChI=1S/C17H25N5O/c1-11-7-6-8-13(23-5)12(11)10-19-16(18)20-15-9-14(21-22-15)17(2,3)4/h6-9H,10H2,1-5H3,(H4,18,19,20,21,22). The second-order valence-corrected chi connectivity index (χ2v) is 6.50. The van der Waals surface area contributed by atoms with Gasteiger partial charge in [-0.25, -0.2) is 4.99 Å². The zero-order valence-electron chi connectivity index (χ0n) is 14.4. The number of nitrogens with two attached hydrogens (primary N) is 1. The molecular formula is C17H25N5O. The van der Waals surface area contributed by atoms with Gasteiger partial charge in [-0.05, 0) is 18.6 Å². The number of aromatic amines is 1. The number of nitrogens with one attached hydrogen (secondary N) is 2. The Kier molecular flexibility index (Phi) is 4.93. The van der Waals surface area contributed by atoms with Gasteiger partial charge in [-0.15, -0.1) is 0 Å². The van der Waals surface area contributed by atoms with Crippen LogP contribution < -0.4 is 15.8 Å². The third-order valence-electron chi connectivity index (χ3n) is 3.64. The van der Waals surface area contributed by atoms with E-state index in [4.69, 9.17) is 10.5 Å². The average molecular weight is 315 g/mol. The summed E-state index contributed by atoms with van der Waals surface area (Å²) in [6, 6.07) is 7.85. The Balaban J connectivity index is 2.08. The number of benzene rings is 1. The number of methoxy groups -OCH3 is 1. The van der Waals surface area contributed by atoms with Crippen molar-refractivity contribution in [3.05, 3.63) is 41.1 Å². The molecule has 0 bridgehead atoms. The van der Waals surface area contributed by atoms with Crippen molar-refractivity contribution < 1.29 is 4.74 Å². The van der Waals surface area contributed by atoms with Gasteiger partial charge in [0.2, 0.25) is 0 Å². The van der Waals surface area contributed by atoms with Crippen molar-refractivity contribution in [3.8, 4) is 5.75 Å². The highest BCUT2D eigenvalue weighted by Gasteiger charge is 2.16. The van der Waals surface area contributed by atoms with E-state index in [9.17, 15) is 0 Å². The molecule has 6 heteroatoms. The first-order valence-corrected chi connectivity index (χ1v) is 7.56. The summed E-state index contributed by atoms with van der Waals surface area (Å²) in [7, 11) is 1.65. The van der Waals surface area contributed by atoms with Crippen molar-refractivity contribution in [1.29, 1.82) is 0 Å². The molecule has 2 rings (SSSR count). The van der Waals surface area contributed by atoms with Crippen LogP contribution in [0.25, 0.3) is 0 Å². The van der Waals surface area contributed by atoms with Crippen LogP contribution in [-0.4, -0.2) is 23.3 Å². The summed E-state index contributed by atoms with van der Waals surface area (Å²) < 4.78 is 5.37. The number of hydrogen-bond acceptors (Lipinski definition) is 3.